The Balaban J connectivity index is 2.28. The number of anilines is 2. The zero-order valence-electron chi connectivity index (χ0n) is 9.31. The molecule has 0 amide bonds. The van der Waals surface area contributed by atoms with E-state index >= 15 is 0 Å². The first-order chi connectivity index (χ1) is 7.70. The van der Waals surface area contributed by atoms with Crippen LogP contribution in [0, 0.1) is 11.3 Å². The van der Waals surface area contributed by atoms with Gasteiger partial charge in [-0.25, -0.2) is 0 Å². The van der Waals surface area contributed by atoms with Crippen LogP contribution in [0.1, 0.15) is 12.5 Å². The first-order valence-electron chi connectivity index (χ1n) is 5.37. The lowest BCUT2D eigenvalue weighted by atomic mass is 10.1. The third kappa shape index (κ3) is 2.25. The SMILES string of the molecule is CC1CN(c2cc(C#N)ccc2N)CCS1. The molecule has 0 radical (unpaired) electrons. The quantitative estimate of drug-likeness (QED) is 0.755. The van der Waals surface area contributed by atoms with Gasteiger partial charge in [0.15, 0.2) is 0 Å². The van der Waals surface area contributed by atoms with Crippen LogP contribution >= 0.6 is 11.8 Å². The van der Waals surface area contributed by atoms with Crippen molar-refractivity contribution in [1.82, 2.24) is 0 Å². The highest BCUT2D eigenvalue weighted by molar-refractivity contribution is 8.00. The van der Waals surface area contributed by atoms with Crippen LogP contribution < -0.4 is 10.6 Å². The molecule has 0 aliphatic carbocycles. The minimum atomic E-state index is 0.624. The highest BCUT2D eigenvalue weighted by atomic mass is 32.2. The van der Waals surface area contributed by atoms with Gasteiger partial charge in [-0.15, -0.1) is 0 Å². The standard InChI is InChI=1S/C12H15N3S/c1-9-8-15(4-5-16-9)12-6-10(7-13)2-3-11(12)14/h2-3,6,9H,4-5,8,14H2,1H3. The molecule has 16 heavy (non-hydrogen) atoms. The maximum Gasteiger partial charge on any atom is 0.0992 e. The molecular formula is C12H15N3S. The number of nitrogens with two attached hydrogens (primary N) is 1. The van der Waals surface area contributed by atoms with Crippen LogP contribution in [0.15, 0.2) is 18.2 Å². The summed E-state index contributed by atoms with van der Waals surface area (Å²) in [5, 5.41) is 9.51. The molecule has 2 rings (SSSR count). The first kappa shape index (κ1) is 11.2. The smallest absolute Gasteiger partial charge is 0.0992 e. The predicted octanol–water partition coefficient (Wildman–Crippen LogP) is 2.08. The third-order valence-electron chi connectivity index (χ3n) is 2.74. The van der Waals surface area contributed by atoms with Crippen molar-refractivity contribution in [2.24, 2.45) is 0 Å². The number of benzene rings is 1. The molecule has 0 bridgehead atoms. The average molecular weight is 233 g/mol. The van der Waals surface area contributed by atoms with Crippen LogP contribution in [0.3, 0.4) is 0 Å². The molecule has 1 aliphatic heterocycles. The fourth-order valence-corrected chi connectivity index (χ4v) is 2.94. The lowest BCUT2D eigenvalue weighted by Crippen LogP contribution is -2.37. The summed E-state index contributed by atoms with van der Waals surface area (Å²) in [5.74, 6) is 1.12. The normalized spacial score (nSPS) is 20.5. The van der Waals surface area contributed by atoms with Crippen molar-refractivity contribution >= 4 is 23.1 Å². The fourth-order valence-electron chi connectivity index (χ4n) is 1.92. The monoisotopic (exact) mass is 233 g/mol. The van der Waals surface area contributed by atoms with E-state index in [1.54, 1.807) is 6.07 Å². The summed E-state index contributed by atoms with van der Waals surface area (Å²) in [7, 11) is 0. The number of thioether (sulfide) groups is 1. The highest BCUT2D eigenvalue weighted by Gasteiger charge is 2.18. The van der Waals surface area contributed by atoms with Crippen LogP contribution in [-0.4, -0.2) is 24.1 Å². The maximum absolute atomic E-state index is 8.89. The van der Waals surface area contributed by atoms with Crippen molar-refractivity contribution in [2.45, 2.75) is 12.2 Å². The second-order valence-corrected chi connectivity index (χ2v) is 5.56. The van der Waals surface area contributed by atoms with Gasteiger partial charge in [0, 0.05) is 24.1 Å². The average Bonchev–Trinajstić information content (AvgIpc) is 2.30. The fraction of sp³-hybridized carbons (Fsp3) is 0.417. The van der Waals surface area contributed by atoms with E-state index in [0.717, 1.165) is 30.2 Å². The van der Waals surface area contributed by atoms with Crippen molar-refractivity contribution < 1.29 is 0 Å². The van der Waals surface area contributed by atoms with E-state index in [4.69, 9.17) is 11.0 Å². The van der Waals surface area contributed by atoms with E-state index in [9.17, 15) is 0 Å². The first-order valence-corrected chi connectivity index (χ1v) is 6.42. The van der Waals surface area contributed by atoms with Gasteiger partial charge in [-0.05, 0) is 18.2 Å². The minimum Gasteiger partial charge on any atom is -0.397 e. The topological polar surface area (TPSA) is 53.0 Å². The van der Waals surface area contributed by atoms with Gasteiger partial charge in [0.25, 0.3) is 0 Å². The minimum absolute atomic E-state index is 0.624. The molecular weight excluding hydrogens is 218 g/mol. The molecule has 1 saturated heterocycles. The predicted molar refractivity (Wildman–Crippen MR) is 69.7 cm³/mol. The van der Waals surface area contributed by atoms with Crippen molar-refractivity contribution in [3.63, 3.8) is 0 Å². The Kier molecular flexibility index (Phi) is 3.25. The van der Waals surface area contributed by atoms with Crippen molar-refractivity contribution in [1.29, 1.82) is 5.26 Å². The number of nitrogens with zero attached hydrogens (tertiary/aromatic N) is 2. The molecule has 1 fully saturated rings. The molecule has 84 valence electrons. The Bertz CT molecular complexity index is 425. The van der Waals surface area contributed by atoms with E-state index in [1.807, 2.05) is 23.9 Å². The van der Waals surface area contributed by atoms with E-state index in [0.29, 0.717) is 10.8 Å². The summed E-state index contributed by atoms with van der Waals surface area (Å²) in [5.41, 5.74) is 8.41. The summed E-state index contributed by atoms with van der Waals surface area (Å²) in [4.78, 5) is 2.28. The van der Waals surface area contributed by atoms with Crippen molar-refractivity contribution in [2.75, 3.05) is 29.5 Å². The Labute approximate surface area is 100 Å². The van der Waals surface area contributed by atoms with Gasteiger partial charge >= 0.3 is 0 Å². The van der Waals surface area contributed by atoms with E-state index in [-0.39, 0.29) is 0 Å². The molecule has 0 saturated carbocycles. The van der Waals surface area contributed by atoms with Crippen LogP contribution in [0.5, 0.6) is 0 Å². The molecule has 1 heterocycles. The summed E-state index contributed by atoms with van der Waals surface area (Å²) < 4.78 is 0. The molecule has 0 aromatic heterocycles. The zero-order chi connectivity index (χ0) is 11.5. The van der Waals surface area contributed by atoms with Crippen LogP contribution in [0.25, 0.3) is 0 Å². The van der Waals surface area contributed by atoms with Gasteiger partial charge < -0.3 is 10.6 Å². The summed E-state index contributed by atoms with van der Waals surface area (Å²) in [6.07, 6.45) is 0. The Hall–Kier alpha value is -1.34. The summed E-state index contributed by atoms with van der Waals surface area (Å²) >= 11 is 1.98. The van der Waals surface area contributed by atoms with Gasteiger partial charge in [0.2, 0.25) is 0 Å². The van der Waals surface area contributed by atoms with Gasteiger partial charge in [0.05, 0.1) is 23.0 Å². The third-order valence-corrected chi connectivity index (χ3v) is 3.88. The lowest BCUT2D eigenvalue weighted by Gasteiger charge is -2.33. The van der Waals surface area contributed by atoms with E-state index in [1.165, 1.54) is 0 Å². The van der Waals surface area contributed by atoms with Crippen molar-refractivity contribution in [3.8, 4) is 6.07 Å². The summed E-state index contributed by atoms with van der Waals surface area (Å²) in [6, 6.07) is 7.63. The molecule has 1 aromatic rings. The Morgan fingerprint density at radius 2 is 2.38 bits per heavy atom. The summed E-state index contributed by atoms with van der Waals surface area (Å²) in [6.45, 7) is 4.24. The van der Waals surface area contributed by atoms with E-state index < -0.39 is 0 Å². The maximum atomic E-state index is 8.89. The second-order valence-electron chi connectivity index (χ2n) is 4.01. The molecule has 1 aliphatic rings. The number of hydrogen-bond donors (Lipinski definition) is 1. The number of hydrogen-bond acceptors (Lipinski definition) is 4. The Morgan fingerprint density at radius 1 is 1.56 bits per heavy atom. The van der Waals surface area contributed by atoms with Crippen LogP contribution in [0.4, 0.5) is 11.4 Å². The van der Waals surface area contributed by atoms with Crippen LogP contribution in [0.2, 0.25) is 0 Å². The molecule has 1 aromatic carbocycles. The van der Waals surface area contributed by atoms with Crippen LogP contribution in [-0.2, 0) is 0 Å². The molecule has 0 spiro atoms. The molecule has 2 N–H and O–H groups in total. The largest absolute Gasteiger partial charge is 0.397 e. The molecule has 1 atom stereocenters. The number of rotatable bonds is 1. The lowest BCUT2D eigenvalue weighted by molar-refractivity contribution is 0.784. The van der Waals surface area contributed by atoms with Gasteiger partial charge in [-0.3, -0.25) is 0 Å². The number of nitrogen functional groups attached to an aromatic ring is 1. The molecule has 4 heteroatoms. The van der Waals surface area contributed by atoms with Gasteiger partial charge in [-0.2, -0.15) is 17.0 Å². The molecule has 3 nitrogen and oxygen atoms in total. The van der Waals surface area contributed by atoms with Gasteiger partial charge in [0.1, 0.15) is 0 Å². The highest BCUT2D eigenvalue weighted by Crippen LogP contribution is 2.29. The van der Waals surface area contributed by atoms with Crippen molar-refractivity contribution in [3.05, 3.63) is 23.8 Å². The zero-order valence-corrected chi connectivity index (χ0v) is 10.1. The molecule has 1 unspecified atom stereocenters. The Morgan fingerprint density at radius 3 is 3.06 bits per heavy atom. The number of nitriles is 1. The van der Waals surface area contributed by atoms with E-state index in [2.05, 4.69) is 17.9 Å². The van der Waals surface area contributed by atoms with Gasteiger partial charge in [-0.1, -0.05) is 6.92 Å². The second kappa shape index (κ2) is 4.67.